The van der Waals surface area contributed by atoms with E-state index in [4.69, 9.17) is 5.73 Å². The quantitative estimate of drug-likeness (QED) is 0.643. The molecule has 1 rings (SSSR count). The Morgan fingerprint density at radius 2 is 2.54 bits per heavy atom. The molecule has 0 saturated heterocycles. The average Bonchev–Trinajstić information content (AvgIpc) is 2.51. The highest BCUT2D eigenvalue weighted by Crippen LogP contribution is 1.97. The van der Waals surface area contributed by atoms with Crippen LogP contribution in [0.2, 0.25) is 0 Å². The summed E-state index contributed by atoms with van der Waals surface area (Å²) in [5.41, 5.74) is 6.04. The smallest absolute Gasteiger partial charge is 0.231 e. The van der Waals surface area contributed by atoms with Crippen molar-refractivity contribution in [3.63, 3.8) is 0 Å². The van der Waals surface area contributed by atoms with Gasteiger partial charge in [-0.05, 0) is 6.92 Å². The van der Waals surface area contributed by atoms with Crippen molar-refractivity contribution in [3.05, 3.63) is 18.2 Å². The molecule has 1 aromatic heterocycles. The van der Waals surface area contributed by atoms with Crippen molar-refractivity contribution >= 4 is 5.91 Å². The summed E-state index contributed by atoms with van der Waals surface area (Å²) in [6, 6.07) is 0. The van der Waals surface area contributed by atoms with E-state index < -0.39 is 0 Å². The summed E-state index contributed by atoms with van der Waals surface area (Å²) in [4.78, 5) is 14.4. The zero-order valence-corrected chi connectivity index (χ0v) is 7.66. The lowest BCUT2D eigenvalue weighted by Crippen LogP contribution is -2.28. The monoisotopic (exact) mass is 182 g/mol. The first kappa shape index (κ1) is 9.73. The molecule has 1 aromatic rings. The topological polar surface area (TPSA) is 72.9 Å². The predicted octanol–water partition coefficient (Wildman–Crippen LogP) is -0.522. The molecule has 0 unspecified atom stereocenters. The molecular formula is C8H14N4O. The van der Waals surface area contributed by atoms with Crippen LogP contribution in [-0.4, -0.2) is 22.0 Å². The third-order valence-electron chi connectivity index (χ3n) is 1.74. The molecule has 0 aliphatic heterocycles. The van der Waals surface area contributed by atoms with Crippen molar-refractivity contribution in [2.45, 2.75) is 20.0 Å². The van der Waals surface area contributed by atoms with Gasteiger partial charge in [0.05, 0.1) is 18.6 Å². The van der Waals surface area contributed by atoms with E-state index in [2.05, 4.69) is 10.3 Å². The normalized spacial score (nSPS) is 10.2. The lowest BCUT2D eigenvalue weighted by atomic mass is 10.4. The molecule has 0 fully saturated rings. The minimum atomic E-state index is -0.345. The molecule has 0 aromatic carbocycles. The van der Waals surface area contributed by atoms with Crippen LogP contribution in [0.3, 0.4) is 0 Å². The minimum Gasteiger partial charge on any atom is -0.369 e. The van der Waals surface area contributed by atoms with Gasteiger partial charge in [-0.1, -0.05) is 0 Å². The zero-order valence-electron chi connectivity index (χ0n) is 7.66. The SMILES string of the molecule is CCn1cncc1CNCC(N)=O. The second kappa shape index (κ2) is 4.61. The minimum absolute atomic E-state index is 0.203. The van der Waals surface area contributed by atoms with Crippen molar-refractivity contribution < 1.29 is 4.79 Å². The van der Waals surface area contributed by atoms with Gasteiger partial charge in [0.15, 0.2) is 0 Å². The second-order valence-electron chi connectivity index (χ2n) is 2.74. The Kier molecular flexibility index (Phi) is 3.45. The number of imidazole rings is 1. The molecule has 3 N–H and O–H groups in total. The third-order valence-corrected chi connectivity index (χ3v) is 1.74. The van der Waals surface area contributed by atoms with Crippen molar-refractivity contribution in [3.8, 4) is 0 Å². The Hall–Kier alpha value is -1.36. The fourth-order valence-electron chi connectivity index (χ4n) is 1.09. The van der Waals surface area contributed by atoms with Gasteiger partial charge < -0.3 is 15.6 Å². The summed E-state index contributed by atoms with van der Waals surface area (Å²) >= 11 is 0. The summed E-state index contributed by atoms with van der Waals surface area (Å²) in [5, 5.41) is 2.93. The molecule has 13 heavy (non-hydrogen) atoms. The van der Waals surface area contributed by atoms with Crippen LogP contribution in [-0.2, 0) is 17.9 Å². The molecule has 0 saturated carbocycles. The van der Waals surface area contributed by atoms with Crippen LogP contribution in [0.4, 0.5) is 0 Å². The zero-order chi connectivity index (χ0) is 9.68. The fourth-order valence-corrected chi connectivity index (χ4v) is 1.09. The van der Waals surface area contributed by atoms with E-state index in [-0.39, 0.29) is 12.5 Å². The molecule has 5 heteroatoms. The van der Waals surface area contributed by atoms with E-state index in [1.807, 2.05) is 11.5 Å². The molecule has 72 valence electrons. The lowest BCUT2D eigenvalue weighted by molar-refractivity contribution is -0.117. The van der Waals surface area contributed by atoms with Crippen LogP contribution < -0.4 is 11.1 Å². The summed E-state index contributed by atoms with van der Waals surface area (Å²) < 4.78 is 2.01. The summed E-state index contributed by atoms with van der Waals surface area (Å²) in [5.74, 6) is -0.345. The largest absolute Gasteiger partial charge is 0.369 e. The van der Waals surface area contributed by atoms with E-state index in [1.54, 1.807) is 12.5 Å². The van der Waals surface area contributed by atoms with Gasteiger partial charge >= 0.3 is 0 Å². The van der Waals surface area contributed by atoms with Crippen molar-refractivity contribution in [1.29, 1.82) is 0 Å². The summed E-state index contributed by atoms with van der Waals surface area (Å²) in [7, 11) is 0. The first-order valence-electron chi connectivity index (χ1n) is 4.22. The molecule has 0 atom stereocenters. The number of aromatic nitrogens is 2. The molecule has 0 radical (unpaired) electrons. The third kappa shape index (κ3) is 2.87. The molecule has 1 amide bonds. The van der Waals surface area contributed by atoms with Crippen molar-refractivity contribution in [2.75, 3.05) is 6.54 Å². The van der Waals surface area contributed by atoms with Gasteiger partial charge in [-0.25, -0.2) is 4.98 Å². The number of nitrogens with two attached hydrogens (primary N) is 1. The lowest BCUT2D eigenvalue weighted by Gasteiger charge is -2.04. The molecule has 0 aliphatic carbocycles. The van der Waals surface area contributed by atoms with E-state index in [0.29, 0.717) is 6.54 Å². The average molecular weight is 182 g/mol. The highest BCUT2D eigenvalue weighted by atomic mass is 16.1. The Labute approximate surface area is 76.9 Å². The number of carbonyl (C=O) groups excluding carboxylic acids is 1. The maximum absolute atomic E-state index is 10.4. The Balaban J connectivity index is 2.40. The number of nitrogens with one attached hydrogen (secondary N) is 1. The standard InChI is InChI=1S/C8H14N4O/c1-2-12-6-11-4-7(12)3-10-5-8(9)13/h4,6,10H,2-3,5H2,1H3,(H2,9,13). The molecule has 5 nitrogen and oxygen atoms in total. The number of carbonyl (C=O) groups is 1. The fraction of sp³-hybridized carbons (Fsp3) is 0.500. The first-order valence-corrected chi connectivity index (χ1v) is 4.22. The Morgan fingerprint density at radius 1 is 1.77 bits per heavy atom. The highest BCUT2D eigenvalue weighted by molar-refractivity contribution is 5.75. The molecule has 0 bridgehead atoms. The second-order valence-corrected chi connectivity index (χ2v) is 2.74. The molecule has 0 aliphatic rings. The van der Waals surface area contributed by atoms with Crippen molar-refractivity contribution in [2.24, 2.45) is 5.73 Å². The number of amides is 1. The van der Waals surface area contributed by atoms with Gasteiger partial charge in [0, 0.05) is 19.3 Å². The Morgan fingerprint density at radius 3 is 3.15 bits per heavy atom. The van der Waals surface area contributed by atoms with E-state index in [1.165, 1.54) is 0 Å². The number of hydrogen-bond acceptors (Lipinski definition) is 3. The summed E-state index contributed by atoms with van der Waals surface area (Å²) in [6.07, 6.45) is 3.54. The van der Waals surface area contributed by atoms with Crippen molar-refractivity contribution in [1.82, 2.24) is 14.9 Å². The summed E-state index contributed by atoms with van der Waals surface area (Å²) in [6.45, 7) is 3.75. The molecular weight excluding hydrogens is 168 g/mol. The molecule has 0 spiro atoms. The highest BCUT2D eigenvalue weighted by Gasteiger charge is 1.99. The van der Waals surface area contributed by atoms with Gasteiger partial charge in [0.1, 0.15) is 0 Å². The molecule has 1 heterocycles. The maximum Gasteiger partial charge on any atom is 0.231 e. The van der Waals surface area contributed by atoms with Crippen LogP contribution in [0.25, 0.3) is 0 Å². The van der Waals surface area contributed by atoms with Crippen LogP contribution in [0, 0.1) is 0 Å². The van der Waals surface area contributed by atoms with Crippen LogP contribution in [0.5, 0.6) is 0 Å². The van der Waals surface area contributed by atoms with Crippen LogP contribution >= 0.6 is 0 Å². The van der Waals surface area contributed by atoms with Gasteiger partial charge in [-0.2, -0.15) is 0 Å². The van der Waals surface area contributed by atoms with Gasteiger partial charge in [0.2, 0.25) is 5.91 Å². The van der Waals surface area contributed by atoms with E-state index in [0.717, 1.165) is 12.2 Å². The number of nitrogens with zero attached hydrogens (tertiary/aromatic N) is 2. The number of rotatable bonds is 5. The number of primary amides is 1. The van der Waals surface area contributed by atoms with Gasteiger partial charge in [0.25, 0.3) is 0 Å². The number of aryl methyl sites for hydroxylation is 1. The van der Waals surface area contributed by atoms with Gasteiger partial charge in [-0.15, -0.1) is 0 Å². The maximum atomic E-state index is 10.4. The van der Waals surface area contributed by atoms with Gasteiger partial charge in [-0.3, -0.25) is 4.79 Å². The van der Waals surface area contributed by atoms with E-state index >= 15 is 0 Å². The number of hydrogen-bond donors (Lipinski definition) is 2. The van der Waals surface area contributed by atoms with Crippen LogP contribution in [0.15, 0.2) is 12.5 Å². The first-order chi connectivity index (χ1) is 6.24. The van der Waals surface area contributed by atoms with E-state index in [9.17, 15) is 4.79 Å². The predicted molar refractivity (Wildman–Crippen MR) is 48.8 cm³/mol. The Bertz CT molecular complexity index is 281. The van der Waals surface area contributed by atoms with Crippen LogP contribution in [0.1, 0.15) is 12.6 Å².